The maximum absolute atomic E-state index is 11.9. The molecule has 1 aromatic carbocycles. The van der Waals surface area contributed by atoms with Crippen LogP contribution in [-0.4, -0.2) is 43.0 Å². The lowest BCUT2D eigenvalue weighted by Crippen LogP contribution is -2.35. The van der Waals surface area contributed by atoms with E-state index in [-0.39, 0.29) is 19.2 Å². The molecule has 0 atom stereocenters. The Balaban J connectivity index is 2.18. The largest absolute Gasteiger partial charge is 0.493 e. The van der Waals surface area contributed by atoms with Gasteiger partial charge in [0.1, 0.15) is 18.1 Å². The topological polar surface area (TPSA) is 102 Å². The van der Waals surface area contributed by atoms with Crippen LogP contribution in [0.25, 0.3) is 10.9 Å². The van der Waals surface area contributed by atoms with Crippen LogP contribution in [0.5, 0.6) is 17.2 Å². The number of carbonyl (C=O) groups is 1. The summed E-state index contributed by atoms with van der Waals surface area (Å²) in [4.78, 5) is 16.3. The minimum Gasteiger partial charge on any atom is -0.493 e. The second-order valence-corrected chi connectivity index (χ2v) is 6.84. The summed E-state index contributed by atoms with van der Waals surface area (Å²) in [6, 6.07) is 5.01. The second kappa shape index (κ2) is 13.0. The molecule has 0 saturated heterocycles. The number of rotatable bonds is 12. The van der Waals surface area contributed by atoms with Crippen molar-refractivity contribution < 1.29 is 24.1 Å². The fourth-order valence-electron chi connectivity index (χ4n) is 2.77. The van der Waals surface area contributed by atoms with Crippen molar-refractivity contribution in [1.82, 2.24) is 15.6 Å². The summed E-state index contributed by atoms with van der Waals surface area (Å²) < 4.78 is 16.9. The van der Waals surface area contributed by atoms with Crippen molar-refractivity contribution >= 4 is 16.9 Å². The van der Waals surface area contributed by atoms with Crippen LogP contribution in [0.4, 0.5) is 4.79 Å². The maximum atomic E-state index is 11.9. The summed E-state index contributed by atoms with van der Waals surface area (Å²) in [6.45, 7) is 8.28. The van der Waals surface area contributed by atoms with Gasteiger partial charge in [-0.3, -0.25) is 4.98 Å². The van der Waals surface area contributed by atoms with E-state index in [2.05, 4.69) is 29.1 Å². The van der Waals surface area contributed by atoms with E-state index >= 15 is 0 Å². The Kier molecular flexibility index (Phi) is 10.1. The van der Waals surface area contributed by atoms with Crippen molar-refractivity contribution in [1.29, 1.82) is 0 Å². The molecule has 32 heavy (non-hydrogen) atoms. The molecule has 2 aromatic rings. The number of benzene rings is 1. The third kappa shape index (κ3) is 7.31. The lowest BCUT2D eigenvalue weighted by Gasteiger charge is -2.13. The monoisotopic (exact) mass is 441 g/mol. The number of aliphatic hydroxyl groups is 1. The quantitative estimate of drug-likeness (QED) is 0.261. The lowest BCUT2D eigenvalue weighted by atomic mass is 10.2. The van der Waals surface area contributed by atoms with Gasteiger partial charge in [0.05, 0.1) is 19.2 Å². The molecule has 1 aromatic heterocycles. The summed E-state index contributed by atoms with van der Waals surface area (Å²) >= 11 is 0. The molecule has 0 saturated carbocycles. The number of hydrogen-bond donors (Lipinski definition) is 3. The highest BCUT2D eigenvalue weighted by molar-refractivity contribution is 5.88. The SMILES string of the molecule is C=C/C(=C\C=C(/C)Oc1ccnc2cc(OCCO)c(OC)cc12)NC(=O)NCCCC. The van der Waals surface area contributed by atoms with Gasteiger partial charge < -0.3 is 30.0 Å². The number of carbonyl (C=O) groups excluding carboxylic acids is 1. The maximum Gasteiger partial charge on any atom is 0.319 e. The molecule has 0 aliphatic carbocycles. The average Bonchev–Trinajstić information content (AvgIpc) is 2.80. The fraction of sp³-hybridized carbons (Fsp3) is 0.333. The minimum atomic E-state index is -0.275. The number of hydrogen-bond acceptors (Lipinski definition) is 6. The van der Waals surface area contributed by atoms with Gasteiger partial charge in [-0.1, -0.05) is 19.9 Å². The van der Waals surface area contributed by atoms with Gasteiger partial charge in [-0.05, 0) is 43.7 Å². The molecule has 172 valence electrons. The number of fused-ring (bicyclic) bond motifs is 1. The zero-order valence-electron chi connectivity index (χ0n) is 18.8. The predicted octanol–water partition coefficient (Wildman–Crippen LogP) is 4.07. The van der Waals surface area contributed by atoms with Crippen molar-refractivity contribution in [2.45, 2.75) is 26.7 Å². The van der Waals surface area contributed by atoms with E-state index in [9.17, 15) is 4.79 Å². The summed E-state index contributed by atoms with van der Waals surface area (Å²) in [6.07, 6.45) is 8.59. The molecule has 0 fully saturated rings. The first kappa shape index (κ1) is 24.7. The van der Waals surface area contributed by atoms with Crippen LogP contribution in [0.3, 0.4) is 0 Å². The molecule has 1 heterocycles. The van der Waals surface area contributed by atoms with Gasteiger partial charge in [0.2, 0.25) is 0 Å². The summed E-state index contributed by atoms with van der Waals surface area (Å²) in [7, 11) is 1.54. The first-order chi connectivity index (χ1) is 15.5. The number of aromatic nitrogens is 1. The van der Waals surface area contributed by atoms with Crippen LogP contribution in [-0.2, 0) is 0 Å². The Morgan fingerprint density at radius 1 is 1.25 bits per heavy atom. The third-order valence-corrected chi connectivity index (χ3v) is 4.40. The number of aliphatic hydroxyl groups excluding tert-OH is 1. The lowest BCUT2D eigenvalue weighted by molar-refractivity contribution is 0.196. The van der Waals surface area contributed by atoms with E-state index in [4.69, 9.17) is 19.3 Å². The number of unbranched alkanes of at least 4 members (excludes halogenated alkanes) is 1. The van der Waals surface area contributed by atoms with Crippen LogP contribution >= 0.6 is 0 Å². The Morgan fingerprint density at radius 3 is 2.75 bits per heavy atom. The highest BCUT2D eigenvalue weighted by Gasteiger charge is 2.12. The van der Waals surface area contributed by atoms with E-state index in [1.165, 1.54) is 0 Å². The van der Waals surface area contributed by atoms with Gasteiger partial charge in [-0.2, -0.15) is 0 Å². The molecular formula is C24H31N3O5. The molecule has 0 spiro atoms. The standard InChI is InChI=1S/C24H31N3O5/c1-5-7-11-26-24(29)27-18(6-2)9-8-17(3)32-21-10-12-25-20-16-23(31-14-13-28)22(30-4)15-19(20)21/h6,8-10,12,15-16,28H,2,5,7,11,13-14H2,1,3-4H3,(H2,26,27,29)/b17-8+,18-9+. The molecular weight excluding hydrogens is 410 g/mol. The highest BCUT2D eigenvalue weighted by atomic mass is 16.5. The van der Waals surface area contributed by atoms with Crippen LogP contribution in [0.15, 0.2) is 60.7 Å². The number of nitrogens with zero attached hydrogens (tertiary/aromatic N) is 1. The van der Waals surface area contributed by atoms with Gasteiger partial charge in [-0.15, -0.1) is 0 Å². The van der Waals surface area contributed by atoms with Crippen molar-refractivity contribution in [2.24, 2.45) is 0 Å². The predicted molar refractivity (Wildman–Crippen MR) is 125 cm³/mol. The van der Waals surface area contributed by atoms with E-state index < -0.39 is 0 Å². The Hall–Kier alpha value is -3.52. The number of allylic oxidation sites excluding steroid dienone is 4. The van der Waals surface area contributed by atoms with Gasteiger partial charge >= 0.3 is 6.03 Å². The van der Waals surface area contributed by atoms with E-state index in [1.807, 2.05) is 0 Å². The molecule has 2 rings (SSSR count). The van der Waals surface area contributed by atoms with Crippen LogP contribution in [0.2, 0.25) is 0 Å². The van der Waals surface area contributed by atoms with Crippen molar-refractivity contribution in [3.05, 3.63) is 60.7 Å². The highest BCUT2D eigenvalue weighted by Crippen LogP contribution is 2.36. The zero-order valence-corrected chi connectivity index (χ0v) is 18.8. The van der Waals surface area contributed by atoms with Crippen LogP contribution < -0.4 is 24.8 Å². The zero-order chi connectivity index (χ0) is 23.3. The molecule has 0 bridgehead atoms. The van der Waals surface area contributed by atoms with Crippen molar-refractivity contribution in [3.63, 3.8) is 0 Å². The molecule has 8 nitrogen and oxygen atoms in total. The van der Waals surface area contributed by atoms with E-state index in [0.29, 0.717) is 40.8 Å². The first-order valence-corrected chi connectivity index (χ1v) is 10.5. The molecule has 0 unspecified atom stereocenters. The molecule has 2 amide bonds. The molecule has 0 aliphatic heterocycles. The second-order valence-electron chi connectivity index (χ2n) is 6.84. The van der Waals surface area contributed by atoms with E-state index in [1.54, 1.807) is 56.7 Å². The Morgan fingerprint density at radius 2 is 2.06 bits per heavy atom. The average molecular weight is 442 g/mol. The molecule has 3 N–H and O–H groups in total. The van der Waals surface area contributed by atoms with Crippen molar-refractivity contribution in [2.75, 3.05) is 26.9 Å². The minimum absolute atomic E-state index is 0.1000. The molecule has 0 aliphatic rings. The molecule has 0 radical (unpaired) electrons. The number of urea groups is 1. The molecule has 8 heteroatoms. The summed E-state index contributed by atoms with van der Waals surface area (Å²) in [5.74, 6) is 2.20. The normalized spacial score (nSPS) is 11.8. The van der Waals surface area contributed by atoms with Gasteiger partial charge in [0.15, 0.2) is 11.5 Å². The summed E-state index contributed by atoms with van der Waals surface area (Å²) in [5.41, 5.74) is 1.21. The van der Waals surface area contributed by atoms with Gasteiger partial charge in [0, 0.05) is 29.9 Å². The summed E-state index contributed by atoms with van der Waals surface area (Å²) in [5, 5.41) is 15.3. The number of pyridine rings is 1. The van der Waals surface area contributed by atoms with Gasteiger partial charge in [0.25, 0.3) is 0 Å². The fourth-order valence-corrected chi connectivity index (χ4v) is 2.77. The number of amides is 2. The van der Waals surface area contributed by atoms with E-state index in [0.717, 1.165) is 18.2 Å². The number of nitrogens with one attached hydrogen (secondary N) is 2. The Bertz CT molecular complexity index is 985. The number of methoxy groups -OCH3 is 1. The van der Waals surface area contributed by atoms with Gasteiger partial charge in [-0.25, -0.2) is 4.79 Å². The number of ether oxygens (including phenoxy) is 3. The Labute approximate surface area is 188 Å². The van der Waals surface area contributed by atoms with Crippen LogP contribution in [0, 0.1) is 0 Å². The van der Waals surface area contributed by atoms with Crippen molar-refractivity contribution in [3.8, 4) is 17.2 Å². The first-order valence-electron chi connectivity index (χ1n) is 10.5. The third-order valence-electron chi connectivity index (χ3n) is 4.40. The smallest absolute Gasteiger partial charge is 0.319 e. The van der Waals surface area contributed by atoms with Crippen LogP contribution in [0.1, 0.15) is 26.7 Å².